The summed E-state index contributed by atoms with van der Waals surface area (Å²) in [6, 6.07) is 10.7. The van der Waals surface area contributed by atoms with Crippen LogP contribution in [0.15, 0.2) is 30.3 Å². The summed E-state index contributed by atoms with van der Waals surface area (Å²) in [7, 11) is 0. The zero-order valence-electron chi connectivity index (χ0n) is 12.1. The molecule has 1 fully saturated rings. The molecule has 0 amide bonds. The summed E-state index contributed by atoms with van der Waals surface area (Å²) in [6.45, 7) is 10.1. The number of piperazine rings is 1. The molecule has 1 aromatic carbocycles. The van der Waals surface area contributed by atoms with E-state index in [0.29, 0.717) is 5.92 Å². The first-order valence-corrected chi connectivity index (χ1v) is 7.53. The smallest absolute Gasteiger partial charge is 0.0110 e. The Morgan fingerprint density at radius 3 is 2.26 bits per heavy atom. The van der Waals surface area contributed by atoms with Gasteiger partial charge in [-0.05, 0) is 18.5 Å². The molecule has 1 aliphatic rings. The monoisotopic (exact) mass is 261 g/mol. The van der Waals surface area contributed by atoms with Crippen molar-refractivity contribution < 1.29 is 0 Å². The van der Waals surface area contributed by atoms with Crippen LogP contribution in [0.1, 0.15) is 24.8 Å². The molecule has 2 rings (SSSR count). The van der Waals surface area contributed by atoms with Gasteiger partial charge in [0.15, 0.2) is 0 Å². The quantitative estimate of drug-likeness (QED) is 0.847. The van der Waals surface area contributed by atoms with Crippen LogP contribution in [0, 0.1) is 0 Å². The van der Waals surface area contributed by atoms with Crippen LogP contribution in [0.5, 0.6) is 0 Å². The molecule has 106 valence electrons. The highest BCUT2D eigenvalue weighted by atomic mass is 15.3. The Hall–Kier alpha value is -0.900. The van der Waals surface area contributed by atoms with Crippen molar-refractivity contribution in [2.75, 3.05) is 45.8 Å². The molecule has 0 aromatic heterocycles. The van der Waals surface area contributed by atoms with Gasteiger partial charge in [-0.25, -0.2) is 0 Å². The first kappa shape index (κ1) is 14.5. The van der Waals surface area contributed by atoms with Gasteiger partial charge in [-0.1, -0.05) is 37.3 Å². The van der Waals surface area contributed by atoms with Crippen molar-refractivity contribution in [2.24, 2.45) is 5.73 Å². The van der Waals surface area contributed by atoms with Crippen molar-refractivity contribution in [3.8, 4) is 0 Å². The van der Waals surface area contributed by atoms with Gasteiger partial charge in [0.1, 0.15) is 0 Å². The lowest BCUT2D eigenvalue weighted by atomic mass is 9.98. The molecule has 1 unspecified atom stereocenters. The molecule has 0 radical (unpaired) electrons. The molecule has 0 saturated carbocycles. The molecule has 0 bridgehead atoms. The van der Waals surface area contributed by atoms with Crippen LogP contribution in [0.3, 0.4) is 0 Å². The summed E-state index contributed by atoms with van der Waals surface area (Å²) in [6.07, 6.45) is 1.26. The zero-order chi connectivity index (χ0) is 13.5. The SMILES string of the molecule is CCCN1CCN(CC(CN)c2ccccc2)CC1. The lowest BCUT2D eigenvalue weighted by molar-refractivity contribution is 0.127. The maximum absolute atomic E-state index is 5.96. The summed E-state index contributed by atoms with van der Waals surface area (Å²) in [5.74, 6) is 0.471. The van der Waals surface area contributed by atoms with E-state index in [1.165, 1.54) is 44.7 Å². The summed E-state index contributed by atoms with van der Waals surface area (Å²) in [5, 5.41) is 0. The van der Waals surface area contributed by atoms with Crippen molar-refractivity contribution in [3.05, 3.63) is 35.9 Å². The number of nitrogens with two attached hydrogens (primary N) is 1. The van der Waals surface area contributed by atoms with Crippen LogP contribution in [0.2, 0.25) is 0 Å². The normalized spacial score (nSPS) is 19.5. The molecule has 0 spiro atoms. The lowest BCUT2D eigenvalue weighted by Gasteiger charge is -2.36. The highest BCUT2D eigenvalue weighted by Gasteiger charge is 2.19. The average molecular weight is 261 g/mol. The van der Waals surface area contributed by atoms with E-state index in [1.54, 1.807) is 0 Å². The fraction of sp³-hybridized carbons (Fsp3) is 0.625. The third-order valence-electron chi connectivity index (χ3n) is 4.04. The van der Waals surface area contributed by atoms with E-state index >= 15 is 0 Å². The van der Waals surface area contributed by atoms with Crippen LogP contribution in [0.25, 0.3) is 0 Å². The second-order valence-corrected chi connectivity index (χ2v) is 5.49. The molecule has 1 aromatic rings. The Balaban J connectivity index is 1.84. The van der Waals surface area contributed by atoms with Gasteiger partial charge in [0, 0.05) is 45.2 Å². The Labute approximate surface area is 117 Å². The number of rotatable bonds is 6. The summed E-state index contributed by atoms with van der Waals surface area (Å²) in [4.78, 5) is 5.13. The lowest BCUT2D eigenvalue weighted by Crippen LogP contribution is -2.48. The summed E-state index contributed by atoms with van der Waals surface area (Å²) >= 11 is 0. The zero-order valence-corrected chi connectivity index (χ0v) is 12.1. The first-order valence-electron chi connectivity index (χ1n) is 7.53. The number of hydrogen-bond acceptors (Lipinski definition) is 3. The Bertz CT molecular complexity index is 344. The van der Waals surface area contributed by atoms with Gasteiger partial charge in [-0.2, -0.15) is 0 Å². The van der Waals surface area contributed by atoms with Crippen LogP contribution in [-0.4, -0.2) is 55.6 Å². The second kappa shape index (κ2) is 7.63. The predicted octanol–water partition coefficient (Wildman–Crippen LogP) is 1.76. The average Bonchev–Trinajstić information content (AvgIpc) is 2.48. The maximum Gasteiger partial charge on any atom is 0.0110 e. The number of nitrogens with zero attached hydrogens (tertiary/aromatic N) is 2. The van der Waals surface area contributed by atoms with E-state index in [4.69, 9.17) is 5.73 Å². The van der Waals surface area contributed by atoms with Gasteiger partial charge in [-0.15, -0.1) is 0 Å². The molecule has 1 saturated heterocycles. The Morgan fingerprint density at radius 1 is 1.05 bits per heavy atom. The molecular weight excluding hydrogens is 234 g/mol. The van der Waals surface area contributed by atoms with Crippen molar-refractivity contribution >= 4 is 0 Å². The minimum atomic E-state index is 0.471. The summed E-state index contributed by atoms with van der Waals surface area (Å²) < 4.78 is 0. The van der Waals surface area contributed by atoms with Crippen molar-refractivity contribution in [1.29, 1.82) is 0 Å². The third kappa shape index (κ3) is 4.30. The van der Waals surface area contributed by atoms with Crippen LogP contribution in [0.4, 0.5) is 0 Å². The minimum absolute atomic E-state index is 0.471. The van der Waals surface area contributed by atoms with Gasteiger partial charge in [0.05, 0.1) is 0 Å². The van der Waals surface area contributed by atoms with Crippen molar-refractivity contribution in [2.45, 2.75) is 19.3 Å². The number of hydrogen-bond donors (Lipinski definition) is 1. The molecule has 3 heteroatoms. The van der Waals surface area contributed by atoms with E-state index in [2.05, 4.69) is 47.1 Å². The molecule has 0 aliphatic carbocycles. The van der Waals surface area contributed by atoms with Crippen LogP contribution >= 0.6 is 0 Å². The van der Waals surface area contributed by atoms with Gasteiger partial charge >= 0.3 is 0 Å². The highest BCUT2D eigenvalue weighted by molar-refractivity contribution is 5.20. The molecule has 1 heterocycles. The maximum atomic E-state index is 5.96. The third-order valence-corrected chi connectivity index (χ3v) is 4.04. The van der Waals surface area contributed by atoms with Gasteiger partial charge in [-0.3, -0.25) is 0 Å². The van der Waals surface area contributed by atoms with E-state index in [0.717, 1.165) is 13.1 Å². The predicted molar refractivity (Wildman–Crippen MR) is 81.4 cm³/mol. The Morgan fingerprint density at radius 2 is 1.68 bits per heavy atom. The molecule has 1 atom stereocenters. The fourth-order valence-corrected chi connectivity index (χ4v) is 2.86. The van der Waals surface area contributed by atoms with Gasteiger partial charge in [0.2, 0.25) is 0 Å². The summed E-state index contributed by atoms with van der Waals surface area (Å²) in [5.41, 5.74) is 7.34. The topological polar surface area (TPSA) is 32.5 Å². The number of benzene rings is 1. The Kier molecular flexibility index (Phi) is 5.83. The highest BCUT2D eigenvalue weighted by Crippen LogP contribution is 2.16. The minimum Gasteiger partial charge on any atom is -0.330 e. The molecular formula is C16H27N3. The van der Waals surface area contributed by atoms with E-state index in [-0.39, 0.29) is 0 Å². The van der Waals surface area contributed by atoms with E-state index < -0.39 is 0 Å². The second-order valence-electron chi connectivity index (χ2n) is 5.49. The van der Waals surface area contributed by atoms with Crippen LogP contribution < -0.4 is 5.73 Å². The largest absolute Gasteiger partial charge is 0.330 e. The van der Waals surface area contributed by atoms with Crippen molar-refractivity contribution in [1.82, 2.24) is 9.80 Å². The molecule has 19 heavy (non-hydrogen) atoms. The molecule has 2 N–H and O–H groups in total. The van der Waals surface area contributed by atoms with Gasteiger partial charge < -0.3 is 15.5 Å². The fourth-order valence-electron chi connectivity index (χ4n) is 2.86. The van der Waals surface area contributed by atoms with E-state index in [9.17, 15) is 0 Å². The van der Waals surface area contributed by atoms with Crippen LogP contribution in [-0.2, 0) is 0 Å². The standard InChI is InChI=1S/C16H27N3/c1-2-8-18-9-11-19(12-10-18)14-16(13-17)15-6-4-3-5-7-15/h3-7,16H,2,8-14,17H2,1H3. The molecule has 3 nitrogen and oxygen atoms in total. The van der Waals surface area contributed by atoms with E-state index in [1.807, 2.05) is 0 Å². The van der Waals surface area contributed by atoms with Crippen molar-refractivity contribution in [3.63, 3.8) is 0 Å². The molecule has 1 aliphatic heterocycles. The van der Waals surface area contributed by atoms with Gasteiger partial charge in [0.25, 0.3) is 0 Å². The first-order chi connectivity index (χ1) is 9.33.